The molecule has 0 atom stereocenters. The van der Waals surface area contributed by atoms with Gasteiger partial charge >= 0.3 is 16.5 Å². The van der Waals surface area contributed by atoms with Gasteiger partial charge in [0.1, 0.15) is 0 Å². The quantitative estimate of drug-likeness (QED) is 0.405. The van der Waals surface area contributed by atoms with E-state index in [-0.39, 0.29) is 20.4 Å². The summed E-state index contributed by atoms with van der Waals surface area (Å²) in [5, 5.41) is 0. The van der Waals surface area contributed by atoms with Gasteiger partial charge in [-0.1, -0.05) is 0 Å². The first-order valence-electron chi connectivity index (χ1n) is 1.30. The molecule has 0 bridgehead atoms. The van der Waals surface area contributed by atoms with Crippen molar-refractivity contribution in [2.24, 2.45) is 0 Å². The molecule has 0 saturated carbocycles. The first-order chi connectivity index (χ1) is 3.46. The molecule has 0 aliphatic heterocycles. The van der Waals surface area contributed by atoms with Crippen LogP contribution in [0.5, 0.6) is 0 Å². The van der Waals surface area contributed by atoms with E-state index in [1.807, 2.05) is 0 Å². The van der Waals surface area contributed by atoms with Crippen molar-refractivity contribution >= 4 is 16.5 Å². The number of hydrogen-bond donors (Lipinski definition) is 4. The van der Waals surface area contributed by atoms with Gasteiger partial charge in [-0.3, -0.25) is 9.13 Å². The van der Waals surface area contributed by atoms with Crippen molar-refractivity contribution in [1.29, 1.82) is 0 Å². The molecule has 4 N–H and O–H groups in total. The summed E-state index contributed by atoms with van der Waals surface area (Å²) in [5.41, 5.74) is 0. The topological polar surface area (TPSA) is 115 Å². The van der Waals surface area contributed by atoms with E-state index in [9.17, 15) is 0 Å². The standard InChI is InChI=1S/2H3O3P.Re/c2*1-4(2)3;/h2*4H,(H2,1,2,3);. The summed E-state index contributed by atoms with van der Waals surface area (Å²) < 4.78 is 17.5. The molecule has 0 aromatic carbocycles. The third-order valence-electron chi connectivity index (χ3n) is 0. The van der Waals surface area contributed by atoms with Gasteiger partial charge in [-0.05, 0) is 0 Å². The van der Waals surface area contributed by atoms with Gasteiger partial charge in [0.25, 0.3) is 0 Å². The van der Waals surface area contributed by atoms with E-state index in [4.69, 9.17) is 28.7 Å². The Morgan fingerprint density at radius 3 is 0.778 bits per heavy atom. The summed E-state index contributed by atoms with van der Waals surface area (Å²) in [6.07, 6.45) is 0. The molecule has 9 heteroatoms. The molecule has 0 aromatic heterocycles. The second-order valence-corrected chi connectivity index (χ2v) is 1.70. The van der Waals surface area contributed by atoms with Crippen molar-refractivity contribution in [3.8, 4) is 0 Å². The summed E-state index contributed by atoms with van der Waals surface area (Å²) in [6.45, 7) is 0. The van der Waals surface area contributed by atoms with Gasteiger partial charge in [0.2, 0.25) is 0 Å². The molecule has 59 valence electrons. The van der Waals surface area contributed by atoms with E-state index in [1.165, 1.54) is 0 Å². The molecule has 0 fully saturated rings. The summed E-state index contributed by atoms with van der Waals surface area (Å²) in [6, 6.07) is 0. The van der Waals surface area contributed by atoms with Gasteiger partial charge < -0.3 is 19.6 Å². The molecule has 0 aromatic rings. The Kier molecular flexibility index (Phi) is 21.5. The largest absolute Gasteiger partial charge is 0.326 e. The molecule has 0 amide bonds. The van der Waals surface area contributed by atoms with E-state index < -0.39 is 16.5 Å². The Labute approximate surface area is 66.1 Å². The Balaban J connectivity index is -0.0000000720. The fraction of sp³-hybridized carbons (Fsp3) is 0. The monoisotopic (exact) mass is 351 g/mol. The number of hydrogen-bond acceptors (Lipinski definition) is 2. The van der Waals surface area contributed by atoms with Gasteiger partial charge in [0, 0.05) is 20.4 Å². The van der Waals surface area contributed by atoms with Crippen molar-refractivity contribution in [2.75, 3.05) is 0 Å². The minimum Gasteiger partial charge on any atom is -0.326 e. The van der Waals surface area contributed by atoms with Crippen LogP contribution < -0.4 is 0 Å². The average Bonchev–Trinajstić information content (AvgIpc) is 1.25. The normalized spacial score (nSPS) is 7.78. The van der Waals surface area contributed by atoms with Crippen molar-refractivity contribution < 1.29 is 49.1 Å². The zero-order valence-corrected chi connectivity index (χ0v) is 8.70. The van der Waals surface area contributed by atoms with E-state index in [1.54, 1.807) is 0 Å². The Hall–Kier alpha value is 0.962. The summed E-state index contributed by atoms with van der Waals surface area (Å²) in [7, 11) is -6.26. The van der Waals surface area contributed by atoms with E-state index in [0.717, 1.165) is 0 Å². The second-order valence-electron chi connectivity index (χ2n) is 0.565. The first kappa shape index (κ1) is 16.5. The van der Waals surface area contributed by atoms with Gasteiger partial charge in [-0.2, -0.15) is 0 Å². The molecule has 0 rings (SSSR count). The molecule has 0 aliphatic carbocycles. The maximum atomic E-state index is 8.74. The van der Waals surface area contributed by atoms with E-state index in [2.05, 4.69) is 0 Å². The van der Waals surface area contributed by atoms with Crippen molar-refractivity contribution in [3.05, 3.63) is 0 Å². The van der Waals surface area contributed by atoms with Crippen molar-refractivity contribution in [1.82, 2.24) is 0 Å². The molecule has 1 radical (unpaired) electrons. The fourth-order valence-corrected chi connectivity index (χ4v) is 0. The van der Waals surface area contributed by atoms with Crippen molar-refractivity contribution in [2.45, 2.75) is 0 Å². The molecule has 6 nitrogen and oxygen atoms in total. The predicted molar refractivity (Wildman–Crippen MR) is 26.9 cm³/mol. The minimum atomic E-state index is -3.13. The van der Waals surface area contributed by atoms with Crippen LogP contribution in [0, 0.1) is 0 Å². The van der Waals surface area contributed by atoms with Crippen LogP contribution in [0.1, 0.15) is 0 Å². The van der Waals surface area contributed by atoms with Crippen LogP contribution in [0.2, 0.25) is 0 Å². The van der Waals surface area contributed by atoms with Crippen LogP contribution in [-0.4, -0.2) is 19.6 Å². The third-order valence-corrected chi connectivity index (χ3v) is 0. The summed E-state index contributed by atoms with van der Waals surface area (Å²) in [4.78, 5) is 28.6. The molecule has 0 heterocycles. The van der Waals surface area contributed by atoms with Gasteiger partial charge in [0.05, 0.1) is 0 Å². The van der Waals surface area contributed by atoms with Crippen LogP contribution in [0.15, 0.2) is 0 Å². The van der Waals surface area contributed by atoms with Crippen molar-refractivity contribution in [3.63, 3.8) is 0 Å². The zero-order valence-electron chi connectivity index (χ0n) is 3.98. The molecule has 0 aliphatic rings. The van der Waals surface area contributed by atoms with Crippen LogP contribution in [-0.2, 0) is 29.6 Å². The fourth-order valence-electron chi connectivity index (χ4n) is 0. The smallest absolute Gasteiger partial charge is 0.314 e. The molecule has 0 unspecified atom stereocenters. The SMILES string of the molecule is O=[PH](O)O.O=[PH](O)O.[Re]. The predicted octanol–water partition coefficient (Wildman–Crippen LogP) is -1.28. The minimum absolute atomic E-state index is 0. The zero-order chi connectivity index (χ0) is 7.15. The second kappa shape index (κ2) is 11.7. The maximum absolute atomic E-state index is 8.74. The van der Waals surface area contributed by atoms with Gasteiger partial charge in [0.15, 0.2) is 0 Å². The summed E-state index contributed by atoms with van der Waals surface area (Å²) in [5.74, 6) is 0. The summed E-state index contributed by atoms with van der Waals surface area (Å²) >= 11 is 0. The van der Waals surface area contributed by atoms with Gasteiger partial charge in [-0.25, -0.2) is 0 Å². The molecule has 0 spiro atoms. The maximum Gasteiger partial charge on any atom is 0.314 e. The molecule has 9 heavy (non-hydrogen) atoms. The van der Waals surface area contributed by atoms with E-state index in [0.29, 0.717) is 0 Å². The molecule has 0 saturated heterocycles. The number of rotatable bonds is 0. The first-order valence-corrected chi connectivity index (χ1v) is 3.91. The van der Waals surface area contributed by atoms with Crippen LogP contribution >= 0.6 is 16.5 Å². The Bertz CT molecular complexity index is 69.1. The third kappa shape index (κ3) is 469. The molecular formula is H6O6P2Re. The van der Waals surface area contributed by atoms with Gasteiger partial charge in [-0.15, -0.1) is 0 Å². The van der Waals surface area contributed by atoms with Crippen LogP contribution in [0.25, 0.3) is 0 Å². The van der Waals surface area contributed by atoms with E-state index >= 15 is 0 Å². The van der Waals surface area contributed by atoms with Crippen LogP contribution in [0.4, 0.5) is 0 Å². The molecular weight excluding hydrogens is 344 g/mol. The van der Waals surface area contributed by atoms with Crippen LogP contribution in [0.3, 0.4) is 0 Å². The Morgan fingerprint density at radius 1 is 0.778 bits per heavy atom. The Morgan fingerprint density at radius 2 is 0.778 bits per heavy atom. The average molecular weight is 350 g/mol.